The number of halogens is 1. The van der Waals surface area contributed by atoms with Crippen LogP contribution in [0.1, 0.15) is 15.4 Å². The second kappa shape index (κ2) is 4.68. The van der Waals surface area contributed by atoms with Crippen LogP contribution in [0.15, 0.2) is 18.2 Å². The average Bonchev–Trinajstić information content (AvgIpc) is 2.63. The van der Waals surface area contributed by atoms with Crippen LogP contribution in [0.4, 0.5) is 10.8 Å². The molecule has 1 heterocycles. The summed E-state index contributed by atoms with van der Waals surface area (Å²) in [5.41, 5.74) is 6.28. The molecule has 0 fully saturated rings. The Hall–Kier alpha value is -1.66. The minimum Gasteiger partial charge on any atom is -0.398 e. The molecule has 17 heavy (non-hydrogen) atoms. The molecular formula is C10H9ClN4OS. The van der Waals surface area contributed by atoms with Crippen LogP contribution >= 0.6 is 22.9 Å². The smallest absolute Gasteiger partial charge is 0.261 e. The Morgan fingerprint density at radius 2 is 2.24 bits per heavy atom. The number of anilines is 2. The molecule has 3 N–H and O–H groups in total. The molecule has 0 aliphatic carbocycles. The van der Waals surface area contributed by atoms with Gasteiger partial charge in [-0.1, -0.05) is 29.0 Å². The first-order chi connectivity index (χ1) is 8.08. The number of amides is 1. The van der Waals surface area contributed by atoms with Gasteiger partial charge in [0.05, 0.1) is 10.6 Å². The normalized spacial score (nSPS) is 10.2. The summed E-state index contributed by atoms with van der Waals surface area (Å²) in [4.78, 5) is 11.9. The van der Waals surface area contributed by atoms with Gasteiger partial charge in [-0.15, -0.1) is 10.2 Å². The van der Waals surface area contributed by atoms with Gasteiger partial charge in [-0.3, -0.25) is 10.1 Å². The van der Waals surface area contributed by atoms with Crippen molar-refractivity contribution >= 4 is 39.7 Å². The second-order valence-electron chi connectivity index (χ2n) is 3.28. The number of aryl methyl sites for hydroxylation is 1. The molecule has 0 aliphatic rings. The SMILES string of the molecule is Cc1nnc(NC(=O)c2c(N)cccc2Cl)s1. The summed E-state index contributed by atoms with van der Waals surface area (Å²) in [5, 5.41) is 11.7. The van der Waals surface area contributed by atoms with Crippen LogP contribution in [0.3, 0.4) is 0 Å². The molecule has 5 nitrogen and oxygen atoms in total. The Bertz CT molecular complexity index is 549. The maximum Gasteiger partial charge on any atom is 0.261 e. The lowest BCUT2D eigenvalue weighted by Gasteiger charge is -2.06. The number of nitrogens with one attached hydrogen (secondary N) is 1. The fraction of sp³-hybridized carbons (Fsp3) is 0.100. The molecule has 0 atom stereocenters. The van der Waals surface area contributed by atoms with Gasteiger partial charge in [0.15, 0.2) is 0 Å². The Morgan fingerprint density at radius 3 is 2.82 bits per heavy atom. The van der Waals surface area contributed by atoms with Crippen molar-refractivity contribution in [2.45, 2.75) is 6.92 Å². The van der Waals surface area contributed by atoms with Gasteiger partial charge in [0.1, 0.15) is 5.01 Å². The molecule has 2 aromatic rings. The van der Waals surface area contributed by atoms with Gasteiger partial charge in [0.25, 0.3) is 5.91 Å². The number of carbonyl (C=O) groups excluding carboxylic acids is 1. The van der Waals surface area contributed by atoms with Crippen LogP contribution in [-0.2, 0) is 0 Å². The minimum absolute atomic E-state index is 0.252. The van der Waals surface area contributed by atoms with E-state index in [1.807, 2.05) is 0 Å². The molecule has 88 valence electrons. The molecule has 1 aromatic carbocycles. The first-order valence-electron chi connectivity index (χ1n) is 4.73. The minimum atomic E-state index is -0.385. The fourth-order valence-corrected chi connectivity index (χ4v) is 2.14. The van der Waals surface area contributed by atoms with Crippen molar-refractivity contribution in [1.29, 1.82) is 0 Å². The van der Waals surface area contributed by atoms with E-state index in [0.29, 0.717) is 15.8 Å². The molecule has 0 saturated carbocycles. The van der Waals surface area contributed by atoms with Crippen molar-refractivity contribution in [2.24, 2.45) is 0 Å². The zero-order chi connectivity index (χ0) is 12.4. The van der Waals surface area contributed by atoms with E-state index in [1.165, 1.54) is 11.3 Å². The van der Waals surface area contributed by atoms with Gasteiger partial charge in [-0.05, 0) is 19.1 Å². The molecule has 2 rings (SSSR count). The zero-order valence-corrected chi connectivity index (χ0v) is 10.5. The van der Waals surface area contributed by atoms with E-state index in [1.54, 1.807) is 25.1 Å². The van der Waals surface area contributed by atoms with Gasteiger partial charge < -0.3 is 5.73 Å². The Labute approximate surface area is 107 Å². The van der Waals surface area contributed by atoms with Crippen molar-refractivity contribution in [2.75, 3.05) is 11.1 Å². The molecule has 0 unspecified atom stereocenters. The quantitative estimate of drug-likeness (QED) is 0.819. The van der Waals surface area contributed by atoms with Crippen LogP contribution in [0.5, 0.6) is 0 Å². The standard InChI is InChI=1S/C10H9ClN4OS/c1-5-14-15-10(17-5)13-9(16)8-6(11)3-2-4-7(8)12/h2-4H,12H2,1H3,(H,13,15,16). The first-order valence-corrected chi connectivity index (χ1v) is 5.93. The molecule has 1 amide bonds. The summed E-state index contributed by atoms with van der Waals surface area (Å²) in [7, 11) is 0. The second-order valence-corrected chi connectivity index (χ2v) is 4.87. The number of aromatic nitrogens is 2. The molecule has 1 aromatic heterocycles. The summed E-state index contributed by atoms with van der Waals surface area (Å²) in [6.07, 6.45) is 0. The van der Waals surface area contributed by atoms with E-state index in [4.69, 9.17) is 17.3 Å². The predicted octanol–water partition coefficient (Wildman–Crippen LogP) is 2.33. The lowest BCUT2D eigenvalue weighted by atomic mass is 10.1. The maximum absolute atomic E-state index is 11.9. The molecule has 0 spiro atoms. The van der Waals surface area contributed by atoms with Gasteiger partial charge >= 0.3 is 0 Å². The number of nitrogens with zero attached hydrogens (tertiary/aromatic N) is 2. The number of hydrogen-bond acceptors (Lipinski definition) is 5. The van der Waals surface area contributed by atoms with Crippen LogP contribution < -0.4 is 11.1 Å². The number of benzene rings is 1. The lowest BCUT2D eigenvalue weighted by Crippen LogP contribution is -2.14. The van der Waals surface area contributed by atoms with Gasteiger partial charge in [-0.2, -0.15) is 0 Å². The van der Waals surface area contributed by atoms with Crippen molar-refractivity contribution in [1.82, 2.24) is 10.2 Å². The van der Waals surface area contributed by atoms with Gasteiger partial charge in [0, 0.05) is 5.69 Å². The summed E-state index contributed by atoms with van der Waals surface area (Å²) < 4.78 is 0. The highest BCUT2D eigenvalue weighted by molar-refractivity contribution is 7.15. The Kier molecular flexibility index (Phi) is 3.26. The zero-order valence-electron chi connectivity index (χ0n) is 8.90. The maximum atomic E-state index is 11.9. The molecule has 7 heteroatoms. The molecule has 0 bridgehead atoms. The van der Waals surface area contributed by atoms with Crippen molar-refractivity contribution in [3.63, 3.8) is 0 Å². The number of hydrogen-bond donors (Lipinski definition) is 2. The molecule has 0 aliphatic heterocycles. The van der Waals surface area contributed by atoms with Crippen molar-refractivity contribution < 1.29 is 4.79 Å². The van der Waals surface area contributed by atoms with E-state index in [2.05, 4.69) is 15.5 Å². The third kappa shape index (κ3) is 2.54. The van der Waals surface area contributed by atoms with E-state index in [9.17, 15) is 4.79 Å². The largest absolute Gasteiger partial charge is 0.398 e. The average molecular weight is 269 g/mol. The van der Waals surface area contributed by atoms with Crippen molar-refractivity contribution in [3.05, 3.63) is 33.8 Å². The highest BCUT2D eigenvalue weighted by atomic mass is 35.5. The van der Waals surface area contributed by atoms with E-state index < -0.39 is 0 Å². The topological polar surface area (TPSA) is 80.9 Å². The predicted molar refractivity (Wildman–Crippen MR) is 68.5 cm³/mol. The van der Waals surface area contributed by atoms with E-state index in [-0.39, 0.29) is 11.5 Å². The highest BCUT2D eigenvalue weighted by Gasteiger charge is 2.15. The summed E-state index contributed by atoms with van der Waals surface area (Å²) >= 11 is 7.21. The molecular weight excluding hydrogens is 260 g/mol. The number of rotatable bonds is 2. The third-order valence-corrected chi connectivity index (χ3v) is 3.09. The van der Waals surface area contributed by atoms with E-state index in [0.717, 1.165) is 5.01 Å². The number of nitrogens with two attached hydrogens (primary N) is 1. The Morgan fingerprint density at radius 1 is 1.47 bits per heavy atom. The van der Waals surface area contributed by atoms with Gasteiger partial charge in [0.2, 0.25) is 5.13 Å². The van der Waals surface area contributed by atoms with Crippen LogP contribution in [0.25, 0.3) is 0 Å². The fourth-order valence-electron chi connectivity index (χ4n) is 1.29. The lowest BCUT2D eigenvalue weighted by molar-refractivity contribution is 0.102. The number of nitrogen functional groups attached to an aromatic ring is 1. The molecule has 0 radical (unpaired) electrons. The van der Waals surface area contributed by atoms with Gasteiger partial charge in [-0.25, -0.2) is 0 Å². The highest BCUT2D eigenvalue weighted by Crippen LogP contribution is 2.23. The van der Waals surface area contributed by atoms with Crippen molar-refractivity contribution in [3.8, 4) is 0 Å². The first kappa shape index (κ1) is 11.8. The Balaban J connectivity index is 2.26. The third-order valence-electron chi connectivity index (χ3n) is 2.02. The van der Waals surface area contributed by atoms with Crippen LogP contribution in [-0.4, -0.2) is 16.1 Å². The summed E-state index contributed by atoms with van der Waals surface area (Å²) in [6.45, 7) is 1.80. The number of carbonyl (C=O) groups is 1. The monoisotopic (exact) mass is 268 g/mol. The van der Waals surface area contributed by atoms with Crippen LogP contribution in [0.2, 0.25) is 5.02 Å². The van der Waals surface area contributed by atoms with Crippen LogP contribution in [0, 0.1) is 6.92 Å². The molecule has 0 saturated heterocycles. The van der Waals surface area contributed by atoms with E-state index >= 15 is 0 Å². The summed E-state index contributed by atoms with van der Waals surface area (Å²) in [6, 6.07) is 4.91. The summed E-state index contributed by atoms with van der Waals surface area (Å²) in [5.74, 6) is -0.385.